The van der Waals surface area contributed by atoms with Gasteiger partial charge in [-0.25, -0.2) is 0 Å². The monoisotopic (exact) mass is 297 g/mol. The lowest BCUT2D eigenvalue weighted by Gasteiger charge is -2.15. The molecule has 1 aromatic carbocycles. The van der Waals surface area contributed by atoms with E-state index in [1.165, 1.54) is 21.3 Å². The molecule has 1 aromatic heterocycles. The van der Waals surface area contributed by atoms with Gasteiger partial charge in [0.15, 0.2) is 17.2 Å². The van der Waals surface area contributed by atoms with E-state index in [9.17, 15) is 0 Å². The number of hydrogen-bond donors (Lipinski definition) is 1. The van der Waals surface area contributed by atoms with Gasteiger partial charge in [-0.3, -0.25) is 4.68 Å². The molecule has 2 rings (SSSR count). The lowest BCUT2D eigenvalue weighted by atomic mass is 10.1. The van der Waals surface area contributed by atoms with Crippen LogP contribution in [0.5, 0.6) is 17.2 Å². The molecule has 0 aliphatic rings. The fourth-order valence-electron chi connectivity index (χ4n) is 1.94. The Hall–Kier alpha value is -2.08. The Kier molecular flexibility index (Phi) is 3.94. The van der Waals surface area contributed by atoms with Crippen molar-refractivity contribution in [2.24, 2.45) is 7.05 Å². The van der Waals surface area contributed by atoms with Crippen LogP contribution in [0.25, 0.3) is 11.3 Å². The van der Waals surface area contributed by atoms with E-state index in [0.717, 1.165) is 0 Å². The largest absolute Gasteiger partial charge is 0.494 e. The average Bonchev–Trinajstić information content (AvgIpc) is 2.77. The maximum atomic E-state index is 6.30. The molecule has 20 heavy (non-hydrogen) atoms. The van der Waals surface area contributed by atoms with Crippen molar-refractivity contribution >= 4 is 17.4 Å². The van der Waals surface area contributed by atoms with Crippen LogP contribution < -0.4 is 19.9 Å². The van der Waals surface area contributed by atoms with Gasteiger partial charge in [-0.2, -0.15) is 5.10 Å². The Morgan fingerprint density at radius 2 is 1.75 bits per heavy atom. The fraction of sp³-hybridized carbons (Fsp3) is 0.308. The molecule has 0 atom stereocenters. The molecular weight excluding hydrogens is 282 g/mol. The standard InChI is InChI=1S/C13H16ClN3O3/c1-17-10(15)6-8(16-17)7-5-9(18-2)13(20-4)11(14)12(7)19-3/h5-6H,15H2,1-4H3. The highest BCUT2D eigenvalue weighted by atomic mass is 35.5. The summed E-state index contributed by atoms with van der Waals surface area (Å²) in [7, 11) is 6.34. The van der Waals surface area contributed by atoms with Gasteiger partial charge >= 0.3 is 0 Å². The van der Waals surface area contributed by atoms with Gasteiger partial charge in [0, 0.05) is 18.7 Å². The highest BCUT2D eigenvalue weighted by molar-refractivity contribution is 6.34. The van der Waals surface area contributed by atoms with Gasteiger partial charge in [0.05, 0.1) is 27.0 Å². The van der Waals surface area contributed by atoms with Crippen molar-refractivity contribution in [3.8, 4) is 28.5 Å². The SMILES string of the molecule is COc1cc(-c2cc(N)n(C)n2)c(OC)c(Cl)c1OC. The third kappa shape index (κ3) is 2.22. The van der Waals surface area contributed by atoms with Gasteiger partial charge in [0.25, 0.3) is 0 Å². The molecule has 0 fully saturated rings. The second-order valence-corrected chi connectivity index (χ2v) is 4.46. The summed E-state index contributed by atoms with van der Waals surface area (Å²) in [6.45, 7) is 0. The summed E-state index contributed by atoms with van der Waals surface area (Å²) in [6, 6.07) is 3.49. The van der Waals surface area contributed by atoms with Crippen molar-refractivity contribution in [2.75, 3.05) is 27.1 Å². The molecule has 2 N–H and O–H groups in total. The van der Waals surface area contributed by atoms with E-state index in [0.29, 0.717) is 39.3 Å². The Morgan fingerprint density at radius 3 is 2.20 bits per heavy atom. The van der Waals surface area contributed by atoms with Crippen LogP contribution in [0, 0.1) is 0 Å². The number of rotatable bonds is 4. The molecule has 0 spiro atoms. The zero-order valence-corrected chi connectivity index (χ0v) is 12.5. The van der Waals surface area contributed by atoms with E-state index in [4.69, 9.17) is 31.5 Å². The van der Waals surface area contributed by atoms with Crippen LogP contribution in [0.1, 0.15) is 0 Å². The predicted octanol–water partition coefficient (Wildman–Crippen LogP) is 2.35. The number of anilines is 1. The third-order valence-corrected chi connectivity index (χ3v) is 3.31. The first-order valence-electron chi connectivity index (χ1n) is 5.81. The van der Waals surface area contributed by atoms with Gasteiger partial charge in [0.2, 0.25) is 0 Å². The summed E-state index contributed by atoms with van der Waals surface area (Å²) in [6.07, 6.45) is 0. The second-order valence-electron chi connectivity index (χ2n) is 4.08. The van der Waals surface area contributed by atoms with E-state index in [2.05, 4.69) is 5.10 Å². The topological polar surface area (TPSA) is 71.5 Å². The van der Waals surface area contributed by atoms with Crippen molar-refractivity contribution in [1.82, 2.24) is 9.78 Å². The lowest BCUT2D eigenvalue weighted by Crippen LogP contribution is -1.98. The summed E-state index contributed by atoms with van der Waals surface area (Å²) in [5.41, 5.74) is 7.13. The molecule has 0 saturated carbocycles. The number of ether oxygens (including phenoxy) is 3. The van der Waals surface area contributed by atoms with Crippen molar-refractivity contribution in [3.05, 3.63) is 17.2 Å². The van der Waals surface area contributed by atoms with Crippen LogP contribution in [0.2, 0.25) is 5.02 Å². The molecular formula is C13H16ClN3O3. The van der Waals surface area contributed by atoms with Crippen LogP contribution >= 0.6 is 11.6 Å². The van der Waals surface area contributed by atoms with Crippen molar-refractivity contribution in [2.45, 2.75) is 0 Å². The molecule has 0 amide bonds. The molecule has 0 saturated heterocycles. The molecule has 108 valence electrons. The number of halogens is 1. The van der Waals surface area contributed by atoms with Gasteiger partial charge in [0.1, 0.15) is 10.8 Å². The number of nitrogen functional groups attached to an aromatic ring is 1. The van der Waals surface area contributed by atoms with E-state index in [1.807, 2.05) is 0 Å². The molecule has 6 nitrogen and oxygen atoms in total. The smallest absolute Gasteiger partial charge is 0.183 e. The minimum atomic E-state index is 0.327. The van der Waals surface area contributed by atoms with E-state index < -0.39 is 0 Å². The molecule has 7 heteroatoms. The fourth-order valence-corrected chi connectivity index (χ4v) is 2.29. The van der Waals surface area contributed by atoms with Crippen LogP contribution in [0.3, 0.4) is 0 Å². The Bertz CT molecular complexity index is 621. The number of nitrogens with two attached hydrogens (primary N) is 1. The van der Waals surface area contributed by atoms with E-state index in [1.54, 1.807) is 23.9 Å². The second kappa shape index (κ2) is 5.50. The minimum Gasteiger partial charge on any atom is -0.494 e. The predicted molar refractivity (Wildman–Crippen MR) is 77.7 cm³/mol. The molecule has 0 aliphatic heterocycles. The van der Waals surface area contributed by atoms with Crippen LogP contribution in [0.15, 0.2) is 12.1 Å². The molecule has 0 bridgehead atoms. The van der Waals surface area contributed by atoms with Gasteiger partial charge in [-0.1, -0.05) is 11.6 Å². The molecule has 0 radical (unpaired) electrons. The minimum absolute atomic E-state index is 0.327. The van der Waals surface area contributed by atoms with Crippen molar-refractivity contribution in [3.63, 3.8) is 0 Å². The third-order valence-electron chi connectivity index (χ3n) is 2.96. The summed E-state index contributed by atoms with van der Waals surface area (Å²) >= 11 is 6.30. The highest BCUT2D eigenvalue weighted by Gasteiger charge is 2.21. The summed E-state index contributed by atoms with van der Waals surface area (Å²) in [4.78, 5) is 0. The van der Waals surface area contributed by atoms with Crippen LogP contribution in [-0.2, 0) is 7.05 Å². The normalized spacial score (nSPS) is 10.4. The Morgan fingerprint density at radius 1 is 1.10 bits per heavy atom. The first kappa shape index (κ1) is 14.3. The average molecular weight is 298 g/mol. The number of methoxy groups -OCH3 is 3. The molecule has 0 aliphatic carbocycles. The summed E-state index contributed by atoms with van der Waals surface area (Å²) in [5, 5.41) is 4.65. The molecule has 2 aromatic rings. The number of nitrogens with zero attached hydrogens (tertiary/aromatic N) is 2. The molecule has 1 heterocycles. The zero-order chi connectivity index (χ0) is 14.9. The van der Waals surface area contributed by atoms with E-state index >= 15 is 0 Å². The van der Waals surface area contributed by atoms with Crippen LogP contribution in [0.4, 0.5) is 5.82 Å². The lowest BCUT2D eigenvalue weighted by molar-refractivity contribution is 0.350. The molecule has 0 unspecified atom stereocenters. The number of aromatic nitrogens is 2. The first-order valence-corrected chi connectivity index (χ1v) is 6.19. The Balaban J connectivity index is 2.71. The summed E-state index contributed by atoms with van der Waals surface area (Å²) < 4.78 is 17.5. The number of benzene rings is 1. The van der Waals surface area contributed by atoms with Crippen LogP contribution in [-0.4, -0.2) is 31.1 Å². The quantitative estimate of drug-likeness (QED) is 0.938. The zero-order valence-electron chi connectivity index (χ0n) is 11.7. The van der Waals surface area contributed by atoms with E-state index in [-0.39, 0.29) is 0 Å². The first-order chi connectivity index (χ1) is 9.53. The highest BCUT2D eigenvalue weighted by Crippen LogP contribution is 2.47. The number of aryl methyl sites for hydroxylation is 1. The maximum Gasteiger partial charge on any atom is 0.183 e. The summed E-state index contributed by atoms with van der Waals surface area (Å²) in [5.74, 6) is 1.91. The number of hydrogen-bond acceptors (Lipinski definition) is 5. The van der Waals surface area contributed by atoms with Crippen molar-refractivity contribution in [1.29, 1.82) is 0 Å². The van der Waals surface area contributed by atoms with Crippen molar-refractivity contribution < 1.29 is 14.2 Å². The van der Waals surface area contributed by atoms with Gasteiger partial charge < -0.3 is 19.9 Å². The van der Waals surface area contributed by atoms with Gasteiger partial charge in [-0.15, -0.1) is 0 Å². The maximum absolute atomic E-state index is 6.30. The Labute approximate surface area is 122 Å². The van der Waals surface area contributed by atoms with Gasteiger partial charge in [-0.05, 0) is 6.07 Å².